The number of rotatable bonds is 5. The van der Waals surface area contributed by atoms with Crippen LogP contribution in [0.4, 0.5) is 0 Å². The second kappa shape index (κ2) is 5.95. The first-order valence-electron chi connectivity index (χ1n) is 5.12. The topological polar surface area (TPSA) is 78.6 Å². The number of likely N-dealkylation sites (tertiary alicyclic amines) is 1. The number of amides is 1. The second-order valence-corrected chi connectivity index (χ2v) is 3.77. The summed E-state index contributed by atoms with van der Waals surface area (Å²) < 4.78 is 0. The van der Waals surface area contributed by atoms with Crippen molar-refractivity contribution in [2.24, 2.45) is 5.84 Å². The van der Waals surface area contributed by atoms with E-state index in [1.165, 1.54) is 0 Å². The van der Waals surface area contributed by atoms with Gasteiger partial charge in [0.2, 0.25) is 5.91 Å². The van der Waals surface area contributed by atoms with Gasteiger partial charge < -0.3 is 10.0 Å². The summed E-state index contributed by atoms with van der Waals surface area (Å²) in [6.07, 6.45) is 3.06. The molecule has 1 amide bonds. The Kier molecular flexibility index (Phi) is 4.86. The lowest BCUT2D eigenvalue weighted by atomic mass is 10.2. The van der Waals surface area contributed by atoms with Crippen LogP contribution in [0.1, 0.15) is 25.7 Å². The number of nitrogens with zero attached hydrogens (tertiary/aromatic N) is 1. The summed E-state index contributed by atoms with van der Waals surface area (Å²) in [5.74, 6) is 4.85. The van der Waals surface area contributed by atoms with Crippen LogP contribution >= 0.6 is 0 Å². The fourth-order valence-corrected chi connectivity index (χ4v) is 1.71. The third kappa shape index (κ3) is 4.04. The zero-order chi connectivity index (χ0) is 10.4. The lowest BCUT2D eigenvalue weighted by Gasteiger charge is -2.13. The van der Waals surface area contributed by atoms with Crippen molar-refractivity contribution in [1.29, 1.82) is 0 Å². The van der Waals surface area contributed by atoms with Crippen LogP contribution in [0.25, 0.3) is 0 Å². The number of carbonyl (C=O) groups is 1. The maximum Gasteiger partial charge on any atom is 0.233 e. The Morgan fingerprint density at radius 2 is 2.36 bits per heavy atom. The number of hydrogen-bond acceptors (Lipinski definition) is 4. The molecule has 0 aliphatic carbocycles. The number of β-amino-alcohol motifs (C(OH)–C–C–N with tert-alkyl or cyclic N) is 1. The van der Waals surface area contributed by atoms with Gasteiger partial charge in [-0.25, -0.2) is 5.84 Å². The van der Waals surface area contributed by atoms with E-state index in [0.717, 1.165) is 38.9 Å². The summed E-state index contributed by atoms with van der Waals surface area (Å²) in [4.78, 5) is 13.0. The van der Waals surface area contributed by atoms with Crippen molar-refractivity contribution < 1.29 is 9.90 Å². The molecule has 0 aromatic heterocycles. The van der Waals surface area contributed by atoms with Gasteiger partial charge in [-0.15, -0.1) is 0 Å². The Bertz CT molecular complexity index is 187. The molecule has 1 aliphatic rings. The molecule has 0 saturated carbocycles. The van der Waals surface area contributed by atoms with Gasteiger partial charge in [0, 0.05) is 19.5 Å². The van der Waals surface area contributed by atoms with Crippen LogP contribution in [-0.4, -0.2) is 41.7 Å². The highest BCUT2D eigenvalue weighted by Gasteiger charge is 2.18. The fourth-order valence-electron chi connectivity index (χ4n) is 1.71. The third-order valence-electron chi connectivity index (χ3n) is 2.54. The summed E-state index contributed by atoms with van der Waals surface area (Å²) in [7, 11) is 0. The average molecular weight is 201 g/mol. The minimum absolute atomic E-state index is 0.105. The highest BCUT2D eigenvalue weighted by molar-refractivity contribution is 5.75. The van der Waals surface area contributed by atoms with Crippen molar-refractivity contribution in [3.8, 4) is 0 Å². The van der Waals surface area contributed by atoms with Crippen molar-refractivity contribution in [1.82, 2.24) is 10.3 Å². The van der Waals surface area contributed by atoms with Gasteiger partial charge in [0.25, 0.3) is 0 Å². The van der Waals surface area contributed by atoms with Crippen LogP contribution in [0.15, 0.2) is 0 Å². The monoisotopic (exact) mass is 201 g/mol. The molecule has 1 saturated heterocycles. The van der Waals surface area contributed by atoms with Crippen LogP contribution in [-0.2, 0) is 4.79 Å². The molecule has 1 rings (SSSR count). The van der Waals surface area contributed by atoms with E-state index in [1.54, 1.807) is 0 Å². The van der Waals surface area contributed by atoms with E-state index in [0.29, 0.717) is 6.42 Å². The van der Waals surface area contributed by atoms with Crippen LogP contribution < -0.4 is 11.3 Å². The molecular formula is C9H19N3O2. The van der Waals surface area contributed by atoms with E-state index in [2.05, 4.69) is 10.3 Å². The summed E-state index contributed by atoms with van der Waals surface area (Å²) in [6.45, 7) is 2.72. The molecule has 0 bridgehead atoms. The van der Waals surface area contributed by atoms with E-state index < -0.39 is 0 Å². The van der Waals surface area contributed by atoms with Crippen molar-refractivity contribution in [3.05, 3.63) is 0 Å². The van der Waals surface area contributed by atoms with Crippen molar-refractivity contribution in [3.63, 3.8) is 0 Å². The molecule has 1 atom stereocenters. The molecule has 82 valence electrons. The van der Waals surface area contributed by atoms with E-state index >= 15 is 0 Å². The standard InChI is InChI=1S/C9H19N3O2/c10-11-9(14)3-1-2-5-12-6-4-8(13)7-12/h8,13H,1-7,10H2,(H,11,14). The lowest BCUT2D eigenvalue weighted by molar-refractivity contribution is -0.121. The Hall–Kier alpha value is -0.650. The molecule has 14 heavy (non-hydrogen) atoms. The van der Waals surface area contributed by atoms with Crippen molar-refractivity contribution >= 4 is 5.91 Å². The van der Waals surface area contributed by atoms with E-state index in [1.807, 2.05) is 0 Å². The number of hydrogen-bond donors (Lipinski definition) is 3. The molecule has 1 aliphatic heterocycles. The number of unbranched alkanes of at least 4 members (excludes halogenated alkanes) is 1. The molecule has 4 N–H and O–H groups in total. The number of carbonyl (C=O) groups excluding carboxylic acids is 1. The van der Waals surface area contributed by atoms with Crippen molar-refractivity contribution in [2.75, 3.05) is 19.6 Å². The normalized spacial score (nSPS) is 22.6. The predicted molar refractivity (Wildman–Crippen MR) is 53.2 cm³/mol. The summed E-state index contributed by atoms with van der Waals surface area (Å²) >= 11 is 0. The predicted octanol–water partition coefficient (Wildman–Crippen LogP) is -0.787. The van der Waals surface area contributed by atoms with E-state index in [9.17, 15) is 9.90 Å². The summed E-state index contributed by atoms with van der Waals surface area (Å²) in [6, 6.07) is 0. The highest BCUT2D eigenvalue weighted by atomic mass is 16.3. The molecule has 0 aromatic rings. The molecule has 1 unspecified atom stereocenters. The lowest BCUT2D eigenvalue weighted by Crippen LogP contribution is -2.30. The van der Waals surface area contributed by atoms with Gasteiger partial charge in [0.05, 0.1) is 6.10 Å². The first-order valence-corrected chi connectivity index (χ1v) is 5.12. The highest BCUT2D eigenvalue weighted by Crippen LogP contribution is 2.09. The Morgan fingerprint density at radius 3 is 2.93 bits per heavy atom. The molecule has 0 radical (unpaired) electrons. The number of nitrogens with two attached hydrogens (primary N) is 1. The average Bonchev–Trinajstić information content (AvgIpc) is 2.58. The Morgan fingerprint density at radius 1 is 1.57 bits per heavy atom. The van der Waals surface area contributed by atoms with Gasteiger partial charge in [-0.1, -0.05) is 0 Å². The molecule has 5 nitrogen and oxygen atoms in total. The maximum atomic E-state index is 10.8. The maximum absolute atomic E-state index is 10.8. The smallest absolute Gasteiger partial charge is 0.233 e. The van der Waals surface area contributed by atoms with Gasteiger partial charge in [0.1, 0.15) is 0 Å². The number of aliphatic hydroxyl groups excluding tert-OH is 1. The van der Waals surface area contributed by atoms with Crippen LogP contribution in [0.5, 0.6) is 0 Å². The van der Waals surface area contributed by atoms with Gasteiger partial charge in [0.15, 0.2) is 0 Å². The largest absolute Gasteiger partial charge is 0.392 e. The van der Waals surface area contributed by atoms with Gasteiger partial charge in [-0.05, 0) is 25.8 Å². The summed E-state index contributed by atoms with van der Waals surface area (Å²) in [5, 5.41) is 9.26. The molecule has 5 heteroatoms. The molecule has 0 aromatic carbocycles. The van der Waals surface area contributed by atoms with Crippen LogP contribution in [0, 0.1) is 0 Å². The second-order valence-electron chi connectivity index (χ2n) is 3.77. The Labute approximate surface area is 84.2 Å². The van der Waals surface area contributed by atoms with E-state index in [4.69, 9.17) is 5.84 Å². The SMILES string of the molecule is NNC(=O)CCCCN1CCC(O)C1. The zero-order valence-electron chi connectivity index (χ0n) is 8.41. The molecule has 1 heterocycles. The number of hydrazine groups is 1. The quantitative estimate of drug-likeness (QED) is 0.236. The van der Waals surface area contributed by atoms with Gasteiger partial charge >= 0.3 is 0 Å². The van der Waals surface area contributed by atoms with Gasteiger partial charge in [-0.2, -0.15) is 0 Å². The minimum Gasteiger partial charge on any atom is -0.392 e. The third-order valence-corrected chi connectivity index (χ3v) is 2.54. The van der Waals surface area contributed by atoms with Crippen LogP contribution in [0.2, 0.25) is 0 Å². The van der Waals surface area contributed by atoms with Gasteiger partial charge in [-0.3, -0.25) is 10.2 Å². The van der Waals surface area contributed by atoms with E-state index in [-0.39, 0.29) is 12.0 Å². The fraction of sp³-hybridized carbons (Fsp3) is 0.889. The van der Waals surface area contributed by atoms with Crippen LogP contribution in [0.3, 0.4) is 0 Å². The molecular weight excluding hydrogens is 182 g/mol. The molecule has 0 spiro atoms. The van der Waals surface area contributed by atoms with Crippen molar-refractivity contribution in [2.45, 2.75) is 31.8 Å². The number of aliphatic hydroxyl groups is 1. The molecule has 1 fully saturated rings. The Balaban J connectivity index is 1.96. The zero-order valence-corrected chi connectivity index (χ0v) is 8.41. The minimum atomic E-state index is -0.151. The first-order chi connectivity index (χ1) is 6.72. The number of nitrogens with one attached hydrogen (secondary N) is 1. The summed E-state index contributed by atoms with van der Waals surface area (Å²) in [5.41, 5.74) is 2.11. The first kappa shape index (κ1) is 11.4.